The average molecular weight is 332 g/mol. The van der Waals surface area contributed by atoms with E-state index in [-0.39, 0.29) is 18.3 Å². The van der Waals surface area contributed by atoms with Crippen molar-refractivity contribution in [2.75, 3.05) is 5.32 Å². The Labute approximate surface area is 137 Å². The summed E-state index contributed by atoms with van der Waals surface area (Å²) in [6.45, 7) is 0.221. The molecule has 23 heavy (non-hydrogen) atoms. The Morgan fingerprint density at radius 1 is 1.26 bits per heavy atom. The fourth-order valence-corrected chi connectivity index (χ4v) is 2.05. The summed E-state index contributed by atoms with van der Waals surface area (Å²) in [7, 11) is 1.77. The highest BCUT2D eigenvalue weighted by molar-refractivity contribution is 6.30. The molecule has 3 aromatic rings. The van der Waals surface area contributed by atoms with Crippen molar-refractivity contribution >= 4 is 23.3 Å². The lowest BCUT2D eigenvalue weighted by atomic mass is 10.3. The van der Waals surface area contributed by atoms with E-state index in [9.17, 15) is 4.79 Å². The number of nitrogens with zero attached hydrogens (tertiary/aromatic N) is 2. The second kappa shape index (κ2) is 6.58. The van der Waals surface area contributed by atoms with Gasteiger partial charge in [-0.1, -0.05) is 11.6 Å². The van der Waals surface area contributed by atoms with Crippen LogP contribution < -0.4 is 10.1 Å². The fourth-order valence-electron chi connectivity index (χ4n) is 1.92. The summed E-state index contributed by atoms with van der Waals surface area (Å²) in [4.78, 5) is 12.0. The van der Waals surface area contributed by atoms with Crippen LogP contribution in [0.2, 0.25) is 5.02 Å². The molecule has 1 aromatic carbocycles. The molecule has 0 radical (unpaired) electrons. The molecule has 7 heteroatoms. The van der Waals surface area contributed by atoms with Crippen LogP contribution in [0.15, 0.2) is 53.1 Å². The quantitative estimate of drug-likeness (QED) is 0.777. The largest absolute Gasteiger partial charge is 0.486 e. The standard InChI is InChI=1S/C16H14ClN3O3/c1-20-9-8-15(19-20)18-16(21)14-7-6-13(23-14)10-22-12-4-2-11(17)3-5-12/h2-9H,10H2,1H3,(H,18,19,21). The third-order valence-electron chi connectivity index (χ3n) is 3.04. The summed E-state index contributed by atoms with van der Waals surface area (Å²) in [6.07, 6.45) is 1.74. The first-order valence-corrected chi connectivity index (χ1v) is 7.26. The van der Waals surface area contributed by atoms with Gasteiger partial charge in [0, 0.05) is 24.3 Å². The Balaban J connectivity index is 1.59. The third-order valence-corrected chi connectivity index (χ3v) is 3.29. The van der Waals surface area contributed by atoms with Crippen LogP contribution in [0.1, 0.15) is 16.3 Å². The SMILES string of the molecule is Cn1ccc(NC(=O)c2ccc(COc3ccc(Cl)cc3)o2)n1. The van der Waals surface area contributed by atoms with Crippen molar-refractivity contribution in [1.82, 2.24) is 9.78 Å². The highest BCUT2D eigenvalue weighted by Gasteiger charge is 2.13. The Morgan fingerprint density at radius 3 is 2.74 bits per heavy atom. The van der Waals surface area contributed by atoms with Crippen LogP contribution in [-0.2, 0) is 13.7 Å². The Hall–Kier alpha value is -2.73. The number of rotatable bonds is 5. The molecule has 2 heterocycles. The van der Waals surface area contributed by atoms with Gasteiger partial charge in [-0.05, 0) is 36.4 Å². The van der Waals surface area contributed by atoms with E-state index in [1.54, 1.807) is 60.4 Å². The van der Waals surface area contributed by atoms with E-state index in [1.807, 2.05) is 0 Å². The van der Waals surface area contributed by atoms with Gasteiger partial charge in [-0.25, -0.2) is 0 Å². The topological polar surface area (TPSA) is 69.3 Å². The predicted molar refractivity (Wildman–Crippen MR) is 85.7 cm³/mol. The summed E-state index contributed by atoms with van der Waals surface area (Å²) in [5.41, 5.74) is 0. The molecule has 0 spiro atoms. The van der Waals surface area contributed by atoms with Crippen molar-refractivity contribution < 1.29 is 13.9 Å². The minimum absolute atomic E-state index is 0.199. The molecule has 0 saturated carbocycles. The number of hydrogen-bond donors (Lipinski definition) is 1. The van der Waals surface area contributed by atoms with Crippen molar-refractivity contribution in [3.63, 3.8) is 0 Å². The number of carbonyl (C=O) groups excluding carboxylic acids is 1. The number of anilines is 1. The molecule has 0 bridgehead atoms. The second-order valence-corrected chi connectivity index (χ2v) is 5.27. The van der Waals surface area contributed by atoms with Crippen LogP contribution in [0.3, 0.4) is 0 Å². The number of benzene rings is 1. The van der Waals surface area contributed by atoms with Crippen LogP contribution in [0, 0.1) is 0 Å². The molecule has 1 N–H and O–H groups in total. The van der Waals surface area contributed by atoms with E-state index in [2.05, 4.69) is 10.4 Å². The molecule has 0 saturated heterocycles. The molecular weight excluding hydrogens is 318 g/mol. The molecular formula is C16H14ClN3O3. The molecule has 6 nitrogen and oxygen atoms in total. The van der Waals surface area contributed by atoms with Crippen molar-refractivity contribution in [3.05, 3.63) is 65.2 Å². The van der Waals surface area contributed by atoms with Gasteiger partial charge < -0.3 is 14.5 Å². The zero-order valence-electron chi connectivity index (χ0n) is 12.3. The van der Waals surface area contributed by atoms with Crippen molar-refractivity contribution in [2.45, 2.75) is 6.61 Å². The van der Waals surface area contributed by atoms with Crippen LogP contribution in [-0.4, -0.2) is 15.7 Å². The number of aryl methyl sites for hydroxylation is 1. The van der Waals surface area contributed by atoms with Gasteiger partial charge in [-0.3, -0.25) is 9.48 Å². The Kier molecular flexibility index (Phi) is 4.34. The van der Waals surface area contributed by atoms with Gasteiger partial charge in [-0.15, -0.1) is 0 Å². The third kappa shape index (κ3) is 3.92. The molecule has 0 unspecified atom stereocenters. The van der Waals surface area contributed by atoms with Gasteiger partial charge in [0.1, 0.15) is 18.1 Å². The molecule has 1 amide bonds. The maximum Gasteiger partial charge on any atom is 0.292 e. The summed E-state index contributed by atoms with van der Waals surface area (Å²) < 4.78 is 12.6. The molecule has 3 rings (SSSR count). The molecule has 0 aliphatic heterocycles. The average Bonchev–Trinajstić information content (AvgIpc) is 3.16. The molecule has 0 fully saturated rings. The van der Waals surface area contributed by atoms with E-state index in [1.165, 1.54) is 0 Å². The van der Waals surface area contributed by atoms with Crippen LogP contribution in [0.25, 0.3) is 0 Å². The first-order chi connectivity index (χ1) is 11.1. The van der Waals surface area contributed by atoms with E-state index < -0.39 is 0 Å². The van der Waals surface area contributed by atoms with Gasteiger partial charge in [0.2, 0.25) is 0 Å². The lowest BCUT2D eigenvalue weighted by Crippen LogP contribution is -2.11. The van der Waals surface area contributed by atoms with Crippen LogP contribution >= 0.6 is 11.6 Å². The maximum absolute atomic E-state index is 12.0. The number of ether oxygens (including phenoxy) is 1. The first-order valence-electron chi connectivity index (χ1n) is 6.88. The molecule has 2 aromatic heterocycles. The Morgan fingerprint density at radius 2 is 2.04 bits per heavy atom. The minimum Gasteiger partial charge on any atom is -0.486 e. The van der Waals surface area contributed by atoms with Crippen molar-refractivity contribution in [3.8, 4) is 5.75 Å². The summed E-state index contributed by atoms with van der Waals surface area (Å²) in [5, 5.41) is 7.37. The van der Waals surface area contributed by atoms with Gasteiger partial charge >= 0.3 is 0 Å². The number of carbonyl (C=O) groups is 1. The number of halogens is 1. The van der Waals surface area contributed by atoms with E-state index in [0.717, 1.165) is 0 Å². The molecule has 0 aliphatic rings. The van der Waals surface area contributed by atoms with Crippen molar-refractivity contribution in [1.29, 1.82) is 0 Å². The van der Waals surface area contributed by atoms with Crippen LogP contribution in [0.4, 0.5) is 5.82 Å². The molecule has 0 atom stereocenters. The maximum atomic E-state index is 12.0. The summed E-state index contributed by atoms with van der Waals surface area (Å²) in [5.74, 6) is 1.52. The lowest BCUT2D eigenvalue weighted by Gasteiger charge is -2.04. The zero-order valence-corrected chi connectivity index (χ0v) is 13.1. The normalized spacial score (nSPS) is 10.5. The molecule has 0 aliphatic carbocycles. The zero-order chi connectivity index (χ0) is 16.2. The summed E-state index contributed by atoms with van der Waals surface area (Å²) >= 11 is 5.81. The van der Waals surface area contributed by atoms with E-state index in [4.69, 9.17) is 20.8 Å². The highest BCUT2D eigenvalue weighted by Crippen LogP contribution is 2.18. The van der Waals surface area contributed by atoms with Crippen LogP contribution in [0.5, 0.6) is 5.75 Å². The van der Waals surface area contributed by atoms with E-state index in [0.29, 0.717) is 22.4 Å². The highest BCUT2D eigenvalue weighted by atomic mass is 35.5. The minimum atomic E-state index is -0.360. The number of amides is 1. The summed E-state index contributed by atoms with van der Waals surface area (Å²) in [6, 6.07) is 12.0. The predicted octanol–water partition coefficient (Wildman–Crippen LogP) is 3.50. The molecule has 118 valence electrons. The van der Waals surface area contributed by atoms with E-state index >= 15 is 0 Å². The Bertz CT molecular complexity index is 808. The fraction of sp³-hybridized carbons (Fsp3) is 0.125. The van der Waals surface area contributed by atoms with Crippen molar-refractivity contribution in [2.24, 2.45) is 7.05 Å². The monoisotopic (exact) mass is 331 g/mol. The number of aromatic nitrogens is 2. The van der Waals surface area contributed by atoms with Gasteiger partial charge in [0.25, 0.3) is 5.91 Å². The number of furan rings is 1. The number of hydrogen-bond acceptors (Lipinski definition) is 4. The number of nitrogens with one attached hydrogen (secondary N) is 1. The smallest absolute Gasteiger partial charge is 0.292 e. The lowest BCUT2D eigenvalue weighted by molar-refractivity contribution is 0.0992. The van der Waals surface area contributed by atoms with Gasteiger partial charge in [0.05, 0.1) is 0 Å². The van der Waals surface area contributed by atoms with Gasteiger partial charge in [-0.2, -0.15) is 5.10 Å². The first kappa shape index (κ1) is 15.2. The van der Waals surface area contributed by atoms with Gasteiger partial charge in [0.15, 0.2) is 11.6 Å². The second-order valence-electron chi connectivity index (χ2n) is 4.84.